The second-order valence-corrected chi connectivity index (χ2v) is 21.7. The van der Waals surface area contributed by atoms with Crippen LogP contribution in [0, 0.1) is 15.9 Å². The number of rotatable bonds is 7. The van der Waals surface area contributed by atoms with Gasteiger partial charge in [0, 0.05) is 6.20 Å². The molecule has 0 aliphatic carbocycles. The van der Waals surface area contributed by atoms with Crippen LogP contribution in [-0.2, 0) is 30.2 Å². The first-order chi connectivity index (χ1) is 40.5. The number of nitrogens with zero attached hydrogens (tertiary/aromatic N) is 5. The van der Waals surface area contributed by atoms with Crippen LogP contribution >= 0.6 is 0 Å². The Kier molecular flexibility index (Phi) is 8.76. The Hall–Kier alpha value is -8.31. The van der Waals surface area contributed by atoms with Crippen LogP contribution < -0.4 is 4.74 Å². The van der Waals surface area contributed by atoms with E-state index in [4.69, 9.17) is 17.9 Å². The van der Waals surface area contributed by atoms with E-state index in [9.17, 15) is 5.48 Å². The second-order valence-electron chi connectivity index (χ2n) is 20.7. The number of ether oxygens (including phenoxy) is 1. The molecule has 0 spiro atoms. The Morgan fingerprint density at radius 3 is 1.71 bits per heavy atom. The summed E-state index contributed by atoms with van der Waals surface area (Å²) in [5.41, 5.74) is 8.23. The molecule has 6 nitrogen and oxygen atoms in total. The van der Waals surface area contributed by atoms with E-state index in [1.165, 1.54) is 0 Å². The van der Waals surface area contributed by atoms with E-state index in [0.717, 1.165) is 60.7 Å². The Morgan fingerprint density at radius 2 is 1.05 bits per heavy atom. The predicted octanol–water partition coefficient (Wildman–Crippen LogP) is 17.4. The normalized spacial score (nSPS) is 14.1. The Labute approximate surface area is 461 Å². The molecule has 368 valence electrons. The summed E-state index contributed by atoms with van der Waals surface area (Å²) in [5, 5.41) is 3.67. The molecular weight excluding hydrogens is 1100 g/mol. The van der Waals surface area contributed by atoms with Crippen molar-refractivity contribution in [2.24, 2.45) is 0 Å². The van der Waals surface area contributed by atoms with Gasteiger partial charge in [-0.3, -0.25) is 0 Å². The number of hydrogen-bond donors (Lipinski definition) is 0. The van der Waals surface area contributed by atoms with E-state index in [-0.39, 0.29) is 38.8 Å². The number of fused-ring (bicyclic) bond motifs is 7. The van der Waals surface area contributed by atoms with Crippen molar-refractivity contribution in [3.63, 3.8) is 0 Å². The van der Waals surface area contributed by atoms with Gasteiger partial charge in [0.1, 0.15) is 0 Å². The van der Waals surface area contributed by atoms with Crippen LogP contribution in [-0.4, -0.2) is 23.1 Å². The molecular formula is C68H53N5OPt-2. The average Bonchev–Trinajstić information content (AvgIpc) is 2.56. The molecule has 13 rings (SSSR count). The molecule has 9 aromatic carbocycles. The first kappa shape index (κ1) is 36.6. The summed E-state index contributed by atoms with van der Waals surface area (Å²) in [4.78, 5) is 4.89. The second kappa shape index (κ2) is 18.0. The molecule has 0 saturated heterocycles. The fraction of sp³-hybridized carbons (Fsp3) is 0.118. The van der Waals surface area contributed by atoms with E-state index in [2.05, 4.69) is 141 Å². The summed E-state index contributed by atoms with van der Waals surface area (Å²) < 4.78 is 106. The maximum absolute atomic E-state index is 9.37. The standard InChI is InChI=1S/C68H53N5O.Pt/c1-67(2,3)47-31-33-49(34-32-47)72-58-28-15-14-24-55(58)57-27-18-30-61-66(57)71(44-70(61)65-52(45-19-9-7-10-20-45)25-17-26-53(65)46-21-11-8-12-22-46)63-43-51(36-38-60(63)72)74-50-35-37-56-54-23-13-16-29-59(54)73(62(56)42-50)64-41-48(39-40-69-64)68(4,5)6;/h7-41H,1-6H3;/q-2;/i7D,8D,9D,10D,11D,12D,19D,20D,21D,22D;. The van der Waals surface area contributed by atoms with Crippen molar-refractivity contribution in [2.45, 2.75) is 52.4 Å². The summed E-state index contributed by atoms with van der Waals surface area (Å²) in [6.07, 6.45) is 1.84. The Morgan fingerprint density at radius 1 is 0.493 bits per heavy atom. The van der Waals surface area contributed by atoms with Gasteiger partial charge in [-0.1, -0.05) is 32.9 Å². The topological polar surface area (TPSA) is 41.3 Å². The summed E-state index contributed by atoms with van der Waals surface area (Å²) in [5.74, 6) is 1.52. The zero-order valence-corrected chi connectivity index (χ0v) is 44.2. The molecule has 0 N–H and O–H groups in total. The summed E-state index contributed by atoms with van der Waals surface area (Å²) in [7, 11) is 0. The number of benzene rings is 9. The van der Waals surface area contributed by atoms with E-state index in [1.807, 2.05) is 83.6 Å². The molecule has 4 heterocycles. The van der Waals surface area contributed by atoms with Crippen molar-refractivity contribution in [1.82, 2.24) is 23.1 Å². The van der Waals surface area contributed by atoms with Crippen molar-refractivity contribution in [3.05, 3.63) is 239 Å². The van der Waals surface area contributed by atoms with Crippen molar-refractivity contribution in [2.75, 3.05) is 0 Å². The Balaban J connectivity index is 1.17. The molecule has 7 heteroatoms. The summed E-state index contributed by atoms with van der Waals surface area (Å²) in [6, 6.07) is 49.8. The monoisotopic (exact) mass is 1160 g/mol. The zero-order chi connectivity index (χ0) is 59.9. The van der Waals surface area contributed by atoms with E-state index in [0.29, 0.717) is 37.4 Å². The maximum atomic E-state index is 9.37. The number of aromatic nitrogens is 5. The molecule has 4 aromatic heterocycles. The van der Waals surface area contributed by atoms with Gasteiger partial charge < -0.3 is 0 Å². The molecule has 0 radical (unpaired) electrons. The molecule has 0 saturated carbocycles. The minimum atomic E-state index is -0.576. The Bertz CT molecular complexity index is 4960. The predicted molar refractivity (Wildman–Crippen MR) is 305 cm³/mol. The van der Waals surface area contributed by atoms with E-state index in [1.54, 1.807) is 18.2 Å². The van der Waals surface area contributed by atoms with Crippen molar-refractivity contribution >= 4 is 60.2 Å². The van der Waals surface area contributed by atoms with Gasteiger partial charge in [0.25, 0.3) is 0 Å². The van der Waals surface area contributed by atoms with Crippen molar-refractivity contribution in [3.8, 4) is 50.9 Å². The number of hydrogen-bond acceptors (Lipinski definition) is 2. The number of para-hydroxylation sites is 4. The van der Waals surface area contributed by atoms with Crippen LogP contribution in [0.4, 0.5) is 0 Å². The third kappa shape index (κ3) is 7.90. The molecule has 0 atom stereocenters. The van der Waals surface area contributed by atoms with E-state index >= 15 is 0 Å². The summed E-state index contributed by atoms with van der Waals surface area (Å²) in [6.45, 7) is 13.1. The molecule has 0 amide bonds. The first-order valence-electron chi connectivity index (χ1n) is 29.7. The fourth-order valence-corrected chi connectivity index (χ4v) is 11.4. The number of imidazole rings is 1. The van der Waals surface area contributed by atoms with Gasteiger partial charge in [0.15, 0.2) is 0 Å². The van der Waals surface area contributed by atoms with Gasteiger partial charge in [0.2, 0.25) is 0 Å². The molecule has 0 fully saturated rings. The summed E-state index contributed by atoms with van der Waals surface area (Å²) >= 11 is 2.23. The van der Waals surface area contributed by atoms with Crippen LogP contribution in [0.3, 0.4) is 0 Å². The SMILES string of the molecule is [2H]c1c([2H])c([2H])c(-c2cccc(-c3c([2H])c([2H])c([2H])c([2H])c3[2H])c2-n2[c](=[Pt])n3c4[c-]c(Oc5[c-]c6c(cc5)c5ccccc5n6-c5cc(C(C)(C)C)ccn5)ccc4n(-c4ccc(C(C)(C)C)cc4)c4ccccc4c4cccc2c43)c([2H])c1[2H]. The molecule has 0 aliphatic heterocycles. The molecule has 0 unspecified atom stereocenters. The average molecular weight is 1160 g/mol. The fourth-order valence-electron chi connectivity index (χ4n) is 10.4. The van der Waals surface area contributed by atoms with Crippen LogP contribution in [0.1, 0.15) is 66.4 Å². The van der Waals surface area contributed by atoms with Crippen LogP contribution in [0.2, 0.25) is 0 Å². The van der Waals surface area contributed by atoms with Crippen LogP contribution in [0.25, 0.3) is 99.6 Å². The van der Waals surface area contributed by atoms with Gasteiger partial charge in [-0.15, -0.1) is 0 Å². The van der Waals surface area contributed by atoms with Crippen LogP contribution in [0.15, 0.2) is 212 Å². The van der Waals surface area contributed by atoms with Gasteiger partial charge in [-0.2, -0.15) is 0 Å². The van der Waals surface area contributed by atoms with Crippen molar-refractivity contribution in [1.29, 1.82) is 0 Å². The van der Waals surface area contributed by atoms with Gasteiger partial charge >= 0.3 is 407 Å². The molecule has 0 bridgehead atoms. The minimum absolute atomic E-state index is 0.133. The van der Waals surface area contributed by atoms with Gasteiger partial charge in [-0.05, 0) is 17.0 Å². The third-order valence-electron chi connectivity index (χ3n) is 14.0. The van der Waals surface area contributed by atoms with E-state index < -0.39 is 60.4 Å². The zero-order valence-electron chi connectivity index (χ0n) is 51.9. The molecule has 75 heavy (non-hydrogen) atoms. The van der Waals surface area contributed by atoms with Crippen molar-refractivity contribution < 1.29 is 37.8 Å². The van der Waals surface area contributed by atoms with Crippen LogP contribution in [0.5, 0.6) is 11.5 Å². The molecule has 0 aliphatic rings. The molecule has 13 aromatic rings. The van der Waals surface area contributed by atoms with Gasteiger partial charge in [-0.25, -0.2) is 0 Å². The number of pyridine rings is 1. The van der Waals surface area contributed by atoms with Gasteiger partial charge in [0.05, 0.1) is 0 Å². The quantitative estimate of drug-likeness (QED) is 0.149. The third-order valence-corrected chi connectivity index (χ3v) is 15.0. The first-order valence-corrected chi connectivity index (χ1v) is 25.9.